The Balaban J connectivity index is 3.07. The minimum atomic E-state index is -1.04. The molecule has 1 N–H and O–H groups in total. The van der Waals surface area contributed by atoms with Crippen molar-refractivity contribution in [1.82, 2.24) is 0 Å². The highest BCUT2D eigenvalue weighted by Gasteiger charge is 2.13. The molecule has 0 aliphatic carbocycles. The number of carboxylic acid groups (broad SMARTS) is 1. The average molecular weight is 231 g/mol. The number of hydrogen-bond acceptors (Lipinski definition) is 3. The van der Waals surface area contributed by atoms with Gasteiger partial charge >= 0.3 is 5.97 Å². The molecule has 1 aromatic carbocycles. The topological polar surface area (TPSA) is 46.5 Å². The Morgan fingerprint density at radius 3 is 2.50 bits per heavy atom. The molecule has 0 aromatic heterocycles. The molecule has 0 saturated carbocycles. The van der Waals surface area contributed by atoms with Crippen molar-refractivity contribution in [2.45, 2.75) is 0 Å². The zero-order chi connectivity index (χ0) is 10.6. The number of carbonyl (C=O) groups is 1. The molecule has 0 aliphatic heterocycles. The van der Waals surface area contributed by atoms with E-state index in [-0.39, 0.29) is 16.7 Å². The molecule has 14 heavy (non-hydrogen) atoms. The lowest BCUT2D eigenvalue weighted by Crippen LogP contribution is -2.09. The van der Waals surface area contributed by atoms with Crippen molar-refractivity contribution >= 4 is 34.8 Å². The molecular weight excluding hydrogens is 224 g/mol. The van der Waals surface area contributed by atoms with Crippen LogP contribution in [0.15, 0.2) is 24.3 Å². The van der Waals surface area contributed by atoms with Crippen molar-refractivity contribution in [2.24, 2.45) is 0 Å². The van der Waals surface area contributed by atoms with Gasteiger partial charge in [0.05, 0.1) is 5.56 Å². The van der Waals surface area contributed by atoms with E-state index in [0.717, 1.165) is 0 Å². The van der Waals surface area contributed by atoms with Gasteiger partial charge in [0.2, 0.25) is 0 Å². The van der Waals surface area contributed by atoms with Crippen LogP contribution < -0.4 is 0 Å². The monoisotopic (exact) mass is 230 g/mol. The normalized spacial score (nSPS) is 9.50. The van der Waals surface area contributed by atoms with Crippen LogP contribution in [0.25, 0.3) is 0 Å². The molecule has 0 bridgehead atoms. The lowest BCUT2D eigenvalue weighted by atomic mass is 10.1. The third-order valence-corrected chi connectivity index (χ3v) is 2.01. The quantitative estimate of drug-likeness (QED) is 0.639. The Morgan fingerprint density at radius 2 is 2.00 bits per heavy atom. The molecule has 0 atom stereocenters. The van der Waals surface area contributed by atoms with Crippen molar-refractivity contribution in [3.63, 3.8) is 0 Å². The molecule has 0 radical (unpaired) electrons. The van der Waals surface area contributed by atoms with Gasteiger partial charge < -0.3 is 9.84 Å². The van der Waals surface area contributed by atoms with Gasteiger partial charge in [-0.1, -0.05) is 23.7 Å². The fourth-order valence-electron chi connectivity index (χ4n) is 0.975. The Kier molecular flexibility index (Phi) is 3.85. The number of carboxylic acids is 1. The first-order chi connectivity index (χ1) is 6.66. The average Bonchev–Trinajstić information content (AvgIpc) is 2.18. The highest BCUT2D eigenvalue weighted by molar-refractivity contribution is 7.80. The zero-order valence-electron chi connectivity index (χ0n) is 7.07. The van der Waals surface area contributed by atoms with Crippen molar-refractivity contribution in [1.29, 1.82) is 0 Å². The van der Waals surface area contributed by atoms with Crippen LogP contribution in [0.4, 0.5) is 0 Å². The molecule has 0 amide bonds. The van der Waals surface area contributed by atoms with E-state index in [1.54, 1.807) is 18.2 Å². The standard InChI is InChI=1S/C9H7ClO3S/c10-5-13-9(14)7-4-2-1-3-6(7)8(11)12/h1-4H,5H2,(H,11,12). The number of alkyl halides is 1. The second kappa shape index (κ2) is 4.93. The summed E-state index contributed by atoms with van der Waals surface area (Å²) < 4.78 is 4.85. The van der Waals surface area contributed by atoms with E-state index in [9.17, 15) is 4.79 Å². The highest BCUT2D eigenvalue weighted by atomic mass is 35.5. The molecule has 74 valence electrons. The maximum atomic E-state index is 10.8. The van der Waals surface area contributed by atoms with Crippen LogP contribution in [0, 0.1) is 0 Å². The van der Waals surface area contributed by atoms with Gasteiger partial charge in [-0.15, -0.1) is 0 Å². The smallest absolute Gasteiger partial charge is 0.336 e. The summed E-state index contributed by atoms with van der Waals surface area (Å²) in [6.45, 7) is 0. The van der Waals surface area contributed by atoms with Gasteiger partial charge in [0.1, 0.15) is 0 Å². The summed E-state index contributed by atoms with van der Waals surface area (Å²) in [5, 5.41) is 8.93. The van der Waals surface area contributed by atoms with Crippen LogP contribution in [0.2, 0.25) is 0 Å². The molecule has 3 nitrogen and oxygen atoms in total. The fourth-order valence-corrected chi connectivity index (χ4v) is 1.39. The van der Waals surface area contributed by atoms with Gasteiger partial charge in [-0.2, -0.15) is 0 Å². The van der Waals surface area contributed by atoms with Gasteiger partial charge in [-0.25, -0.2) is 4.79 Å². The van der Waals surface area contributed by atoms with E-state index in [4.69, 9.17) is 33.7 Å². The molecule has 0 saturated heterocycles. The molecule has 0 fully saturated rings. The molecule has 0 spiro atoms. The van der Waals surface area contributed by atoms with Crippen LogP contribution in [0.1, 0.15) is 15.9 Å². The van der Waals surface area contributed by atoms with Crippen LogP contribution in [-0.2, 0) is 4.74 Å². The fraction of sp³-hybridized carbons (Fsp3) is 0.111. The van der Waals surface area contributed by atoms with Crippen LogP contribution in [-0.4, -0.2) is 22.2 Å². The second-order valence-corrected chi connectivity index (χ2v) is 2.98. The molecule has 0 unspecified atom stereocenters. The summed E-state index contributed by atoms with van der Waals surface area (Å²) >= 11 is 10.2. The summed E-state index contributed by atoms with van der Waals surface area (Å²) in [6.07, 6.45) is 0. The van der Waals surface area contributed by atoms with Crippen LogP contribution in [0.5, 0.6) is 0 Å². The Labute approximate surface area is 91.3 Å². The Bertz CT molecular complexity index is 365. The molecule has 0 heterocycles. The maximum Gasteiger partial charge on any atom is 0.336 e. The number of halogens is 1. The van der Waals surface area contributed by atoms with Gasteiger partial charge in [-0.05, 0) is 24.4 Å². The first-order valence-corrected chi connectivity index (χ1v) is 4.66. The number of thiocarbonyl (C=S) groups is 1. The Morgan fingerprint density at radius 1 is 1.43 bits per heavy atom. The van der Waals surface area contributed by atoms with Gasteiger partial charge in [0.25, 0.3) is 0 Å². The van der Waals surface area contributed by atoms with Crippen LogP contribution >= 0.6 is 23.8 Å². The minimum absolute atomic E-state index is 0.0905. The summed E-state index contributed by atoms with van der Waals surface area (Å²) in [7, 11) is 0. The molecular formula is C9H7ClO3S. The Hall–Kier alpha value is -1.13. The minimum Gasteiger partial charge on any atom is -0.478 e. The lowest BCUT2D eigenvalue weighted by Gasteiger charge is -2.06. The summed E-state index contributed by atoms with van der Waals surface area (Å²) in [4.78, 5) is 10.8. The van der Waals surface area contributed by atoms with Gasteiger partial charge in [0.15, 0.2) is 11.1 Å². The molecule has 5 heteroatoms. The predicted octanol–water partition coefficient (Wildman–Crippen LogP) is 2.27. The van der Waals surface area contributed by atoms with Crippen molar-refractivity contribution in [3.8, 4) is 0 Å². The largest absolute Gasteiger partial charge is 0.478 e. The first kappa shape index (κ1) is 10.9. The second-order valence-electron chi connectivity index (χ2n) is 2.39. The summed E-state index contributed by atoms with van der Waals surface area (Å²) in [5.74, 6) is -1.04. The van der Waals surface area contributed by atoms with Crippen molar-refractivity contribution in [2.75, 3.05) is 6.07 Å². The maximum absolute atomic E-state index is 10.8. The third kappa shape index (κ3) is 2.43. The van der Waals surface area contributed by atoms with Crippen molar-refractivity contribution < 1.29 is 14.6 Å². The van der Waals surface area contributed by atoms with E-state index in [0.29, 0.717) is 5.56 Å². The SMILES string of the molecule is O=C(O)c1ccccc1C(=S)OCCl. The van der Waals surface area contributed by atoms with E-state index in [1.165, 1.54) is 6.07 Å². The summed E-state index contributed by atoms with van der Waals surface area (Å²) in [5.41, 5.74) is 0.485. The number of rotatable bonds is 3. The number of ether oxygens (including phenoxy) is 1. The van der Waals surface area contributed by atoms with Crippen molar-refractivity contribution in [3.05, 3.63) is 35.4 Å². The first-order valence-electron chi connectivity index (χ1n) is 3.72. The van der Waals surface area contributed by atoms with E-state index in [2.05, 4.69) is 0 Å². The number of aromatic carboxylic acids is 1. The highest BCUT2D eigenvalue weighted by Crippen LogP contribution is 2.11. The van der Waals surface area contributed by atoms with E-state index >= 15 is 0 Å². The predicted molar refractivity (Wildman–Crippen MR) is 56.9 cm³/mol. The lowest BCUT2D eigenvalue weighted by molar-refractivity contribution is 0.0696. The van der Waals surface area contributed by atoms with Crippen LogP contribution in [0.3, 0.4) is 0 Å². The van der Waals surface area contributed by atoms with Gasteiger partial charge in [-0.3, -0.25) is 0 Å². The number of hydrogen-bond donors (Lipinski definition) is 1. The van der Waals surface area contributed by atoms with Gasteiger partial charge in [0, 0.05) is 5.56 Å². The number of benzene rings is 1. The van der Waals surface area contributed by atoms with E-state index in [1.807, 2.05) is 0 Å². The summed E-state index contributed by atoms with van der Waals surface area (Å²) in [6, 6.07) is 6.26. The molecule has 1 rings (SSSR count). The molecule has 1 aromatic rings. The third-order valence-electron chi connectivity index (χ3n) is 1.56. The molecule has 0 aliphatic rings. The van der Waals surface area contributed by atoms with E-state index < -0.39 is 5.97 Å². The zero-order valence-corrected chi connectivity index (χ0v) is 8.64.